The van der Waals surface area contributed by atoms with Crippen LogP contribution in [-0.4, -0.2) is 34.8 Å². The first-order valence-corrected chi connectivity index (χ1v) is 13.4. The molecule has 6 nitrogen and oxygen atoms in total. The minimum absolute atomic E-state index is 0.0276. The molecule has 0 radical (unpaired) electrons. The predicted molar refractivity (Wildman–Crippen MR) is 142 cm³/mol. The molecule has 180 valence electrons. The third-order valence-electron chi connectivity index (χ3n) is 6.02. The second kappa shape index (κ2) is 9.79. The Morgan fingerprint density at radius 2 is 2.00 bits per heavy atom. The van der Waals surface area contributed by atoms with Crippen LogP contribution in [0, 0.1) is 5.92 Å². The number of fused-ring (bicyclic) bond motifs is 2. The summed E-state index contributed by atoms with van der Waals surface area (Å²) in [4.78, 5) is 35.0. The van der Waals surface area contributed by atoms with E-state index in [0.29, 0.717) is 23.8 Å². The van der Waals surface area contributed by atoms with Crippen molar-refractivity contribution in [3.8, 4) is 5.75 Å². The molecule has 0 fully saturated rings. The van der Waals surface area contributed by atoms with Gasteiger partial charge in [0.25, 0.3) is 5.91 Å². The van der Waals surface area contributed by atoms with E-state index < -0.39 is 5.92 Å². The topological polar surface area (TPSA) is 71.5 Å². The van der Waals surface area contributed by atoms with E-state index in [1.54, 1.807) is 11.3 Å². The summed E-state index contributed by atoms with van der Waals surface area (Å²) in [5, 5.41) is 5.60. The van der Waals surface area contributed by atoms with Gasteiger partial charge in [-0.05, 0) is 54.1 Å². The molecule has 35 heavy (non-hydrogen) atoms. The van der Waals surface area contributed by atoms with Gasteiger partial charge in [0, 0.05) is 17.0 Å². The summed E-state index contributed by atoms with van der Waals surface area (Å²) in [6, 6.07) is 16.8. The number of thiazole rings is 1. The van der Waals surface area contributed by atoms with Gasteiger partial charge in [-0.25, -0.2) is 4.98 Å². The highest BCUT2D eigenvalue weighted by molar-refractivity contribution is 7.22. The van der Waals surface area contributed by atoms with Crippen molar-refractivity contribution in [2.24, 2.45) is 5.92 Å². The standard InChI is InChI=1S/C27H27N3O3S2/c1-4-33-17-11-12-20-22(14-17)35-27(28-20)29-25(31)23-18-8-5-6-9-19(18)26(32)30(15-16(2)3)24(23)21-10-7-13-34-21/h5-14,16,23-24H,4,15H2,1-3H3,(H,28,29,31). The van der Waals surface area contributed by atoms with Crippen LogP contribution in [0.1, 0.15) is 53.5 Å². The van der Waals surface area contributed by atoms with Crippen LogP contribution in [0.2, 0.25) is 0 Å². The second-order valence-electron chi connectivity index (χ2n) is 8.95. The Kier molecular flexibility index (Phi) is 6.58. The van der Waals surface area contributed by atoms with Crippen molar-refractivity contribution in [2.75, 3.05) is 18.5 Å². The molecule has 0 saturated carbocycles. The second-order valence-corrected chi connectivity index (χ2v) is 11.0. The largest absolute Gasteiger partial charge is 0.494 e. The zero-order valence-electron chi connectivity index (χ0n) is 19.9. The summed E-state index contributed by atoms with van der Waals surface area (Å²) in [7, 11) is 0. The molecule has 1 N–H and O–H groups in total. The van der Waals surface area contributed by atoms with Gasteiger partial charge in [-0.3, -0.25) is 9.59 Å². The molecule has 0 bridgehead atoms. The Hall–Kier alpha value is -3.23. The van der Waals surface area contributed by atoms with Crippen molar-refractivity contribution < 1.29 is 14.3 Å². The quantitative estimate of drug-likeness (QED) is 0.318. The molecule has 0 spiro atoms. The molecule has 2 atom stereocenters. The van der Waals surface area contributed by atoms with E-state index in [1.165, 1.54) is 11.3 Å². The van der Waals surface area contributed by atoms with Gasteiger partial charge in [0.15, 0.2) is 5.13 Å². The summed E-state index contributed by atoms with van der Waals surface area (Å²) < 4.78 is 6.55. The molecular weight excluding hydrogens is 478 g/mol. The number of hydrogen-bond acceptors (Lipinski definition) is 6. The summed E-state index contributed by atoms with van der Waals surface area (Å²) in [5.74, 6) is 0.302. The first kappa shape index (κ1) is 23.5. The highest BCUT2D eigenvalue weighted by Crippen LogP contribution is 2.45. The van der Waals surface area contributed by atoms with Gasteiger partial charge in [-0.15, -0.1) is 11.3 Å². The maximum Gasteiger partial charge on any atom is 0.254 e. The maximum atomic E-state index is 13.9. The fourth-order valence-corrected chi connectivity index (χ4v) is 6.42. The molecule has 8 heteroatoms. The van der Waals surface area contributed by atoms with Crippen molar-refractivity contribution in [3.05, 3.63) is 76.0 Å². The molecule has 2 unspecified atom stereocenters. The van der Waals surface area contributed by atoms with Crippen LogP contribution in [0.15, 0.2) is 60.0 Å². The van der Waals surface area contributed by atoms with E-state index in [4.69, 9.17) is 4.74 Å². The van der Waals surface area contributed by atoms with Crippen molar-refractivity contribution in [3.63, 3.8) is 0 Å². The molecule has 2 amide bonds. The molecular formula is C27H27N3O3S2. The number of anilines is 1. The van der Waals surface area contributed by atoms with Gasteiger partial charge in [0.2, 0.25) is 5.91 Å². The molecule has 5 rings (SSSR count). The van der Waals surface area contributed by atoms with E-state index in [2.05, 4.69) is 24.1 Å². The number of benzene rings is 2. The molecule has 1 aliphatic heterocycles. The van der Waals surface area contributed by atoms with Crippen molar-refractivity contribution in [2.45, 2.75) is 32.7 Å². The van der Waals surface area contributed by atoms with Gasteiger partial charge in [0.05, 0.1) is 28.8 Å². The highest BCUT2D eigenvalue weighted by Gasteiger charge is 2.44. The minimum atomic E-state index is -0.549. The van der Waals surface area contributed by atoms with Gasteiger partial charge >= 0.3 is 0 Å². The number of aromatic nitrogens is 1. The highest BCUT2D eigenvalue weighted by atomic mass is 32.1. The number of ether oxygens (including phenoxy) is 1. The predicted octanol–water partition coefficient (Wildman–Crippen LogP) is 6.33. The molecule has 3 heterocycles. The molecule has 2 aromatic carbocycles. The van der Waals surface area contributed by atoms with Crippen LogP contribution in [-0.2, 0) is 4.79 Å². The number of amides is 2. The number of hydrogen-bond donors (Lipinski definition) is 1. The zero-order chi connectivity index (χ0) is 24.5. The van der Waals surface area contributed by atoms with Crippen LogP contribution >= 0.6 is 22.7 Å². The number of thiophene rings is 1. The Morgan fingerprint density at radius 1 is 1.17 bits per heavy atom. The lowest BCUT2D eigenvalue weighted by Crippen LogP contribution is -2.47. The Bertz CT molecular complexity index is 1360. The summed E-state index contributed by atoms with van der Waals surface area (Å²) in [6.07, 6.45) is 0. The van der Waals surface area contributed by atoms with E-state index in [1.807, 2.05) is 71.8 Å². The van der Waals surface area contributed by atoms with Crippen molar-refractivity contribution in [1.82, 2.24) is 9.88 Å². The van der Waals surface area contributed by atoms with Crippen molar-refractivity contribution in [1.29, 1.82) is 0 Å². The van der Waals surface area contributed by atoms with Crippen LogP contribution in [0.4, 0.5) is 5.13 Å². The lowest BCUT2D eigenvalue weighted by atomic mass is 9.81. The summed E-state index contributed by atoms with van der Waals surface area (Å²) in [5.41, 5.74) is 2.16. The van der Waals surface area contributed by atoms with Crippen LogP contribution in [0.25, 0.3) is 10.2 Å². The lowest BCUT2D eigenvalue weighted by molar-refractivity contribution is -0.119. The van der Waals surface area contributed by atoms with Gasteiger partial charge in [0.1, 0.15) is 5.75 Å². The third-order valence-corrected chi connectivity index (χ3v) is 7.90. The van der Waals surface area contributed by atoms with E-state index >= 15 is 0 Å². The van der Waals surface area contributed by atoms with Crippen LogP contribution < -0.4 is 10.1 Å². The fourth-order valence-electron chi connectivity index (χ4n) is 4.64. The summed E-state index contributed by atoms with van der Waals surface area (Å²) >= 11 is 2.99. The summed E-state index contributed by atoms with van der Waals surface area (Å²) in [6.45, 7) is 7.28. The first-order chi connectivity index (χ1) is 17.0. The SMILES string of the molecule is CCOc1ccc2nc(NC(=O)C3c4ccccc4C(=O)N(CC(C)C)C3c3cccs3)sc2c1. The Morgan fingerprint density at radius 3 is 2.74 bits per heavy atom. The lowest BCUT2D eigenvalue weighted by Gasteiger charge is -2.41. The van der Waals surface area contributed by atoms with Crippen molar-refractivity contribution >= 4 is 49.8 Å². The van der Waals surface area contributed by atoms with Crippen LogP contribution in [0.5, 0.6) is 5.75 Å². The average molecular weight is 506 g/mol. The first-order valence-electron chi connectivity index (χ1n) is 11.7. The Balaban J connectivity index is 1.54. The van der Waals surface area contributed by atoms with E-state index in [9.17, 15) is 9.59 Å². The van der Waals surface area contributed by atoms with Gasteiger partial charge < -0.3 is 15.0 Å². The fraction of sp³-hybridized carbons (Fsp3) is 0.296. The number of nitrogens with one attached hydrogen (secondary N) is 1. The minimum Gasteiger partial charge on any atom is -0.494 e. The number of nitrogens with zero attached hydrogens (tertiary/aromatic N) is 2. The Labute approximate surface area is 212 Å². The van der Waals surface area contributed by atoms with Crippen LogP contribution in [0.3, 0.4) is 0 Å². The molecule has 0 aliphatic carbocycles. The number of carbonyl (C=O) groups is 2. The smallest absolute Gasteiger partial charge is 0.254 e. The molecule has 0 saturated heterocycles. The van der Waals surface area contributed by atoms with E-state index in [0.717, 1.165) is 26.4 Å². The number of carbonyl (C=O) groups excluding carboxylic acids is 2. The average Bonchev–Trinajstić information content (AvgIpc) is 3.50. The third kappa shape index (κ3) is 4.56. The number of rotatable bonds is 7. The van der Waals surface area contributed by atoms with Gasteiger partial charge in [-0.1, -0.05) is 49.4 Å². The monoisotopic (exact) mass is 505 g/mol. The molecule has 2 aromatic heterocycles. The molecule has 4 aromatic rings. The maximum absolute atomic E-state index is 13.9. The molecule has 1 aliphatic rings. The van der Waals surface area contributed by atoms with Gasteiger partial charge in [-0.2, -0.15) is 0 Å². The normalized spacial score (nSPS) is 17.6. The van der Waals surface area contributed by atoms with E-state index in [-0.39, 0.29) is 23.8 Å². The zero-order valence-corrected chi connectivity index (χ0v) is 21.5.